The molecule has 5 N–H and O–H groups in total. The van der Waals surface area contributed by atoms with Crippen molar-refractivity contribution < 1.29 is 24.8 Å². The predicted molar refractivity (Wildman–Crippen MR) is 213 cm³/mol. The molecule has 7 atom stereocenters. The summed E-state index contributed by atoms with van der Waals surface area (Å²) in [4.78, 5) is 13.2. The number of benzene rings is 1. The molecule has 0 aromatic heterocycles. The smallest absolute Gasteiger partial charge is 0.195 e. The first kappa shape index (κ1) is 41.3. The highest BCUT2D eigenvalue weighted by molar-refractivity contribution is 6.89. The SMILES string of the molecule is Cc1cccc(CCOC2([Si](C)(C)C(C)(C)C)N=C(N)C3([Si](C)(C)C(C)(C)C)N=CN([C@@H]4O[C@H](CO)C(O)C4O)C3N2[Si](C)(C)C(C)(C)C)c1. The molecule has 1 saturated heterocycles. The van der Waals surface area contributed by atoms with Gasteiger partial charge in [-0.3, -0.25) is 9.56 Å². The monoisotopic (exact) mass is 747 g/mol. The second kappa shape index (κ2) is 13.2. The Balaban J connectivity index is 2.13. The quantitative estimate of drug-likeness (QED) is 0.232. The molecular weight excluding hydrogens is 679 g/mol. The molecule has 0 saturated carbocycles. The van der Waals surface area contributed by atoms with Crippen molar-refractivity contribution in [3.05, 3.63) is 35.4 Å². The molecule has 284 valence electrons. The van der Waals surface area contributed by atoms with Crippen molar-refractivity contribution >= 4 is 36.6 Å². The Bertz CT molecular complexity index is 1470. The van der Waals surface area contributed by atoms with Crippen LogP contribution in [0.25, 0.3) is 0 Å². The maximum Gasteiger partial charge on any atom is 0.195 e. The molecule has 0 spiro atoms. The van der Waals surface area contributed by atoms with Crippen LogP contribution in [0.4, 0.5) is 0 Å². The third-order valence-electron chi connectivity index (χ3n) is 13.8. The molecule has 0 aliphatic carbocycles. The zero-order chi connectivity index (χ0) is 38.3. The van der Waals surface area contributed by atoms with Gasteiger partial charge in [-0.2, -0.15) is 0 Å². The molecule has 3 heterocycles. The van der Waals surface area contributed by atoms with E-state index in [1.54, 1.807) is 6.34 Å². The zero-order valence-corrected chi connectivity index (χ0v) is 36.9. The van der Waals surface area contributed by atoms with Crippen molar-refractivity contribution in [1.82, 2.24) is 9.47 Å². The van der Waals surface area contributed by atoms with Gasteiger partial charge in [0.25, 0.3) is 0 Å². The molecule has 5 unspecified atom stereocenters. The lowest BCUT2D eigenvalue weighted by Gasteiger charge is -2.68. The maximum absolute atomic E-state index is 11.6. The molecule has 3 aliphatic heterocycles. The van der Waals surface area contributed by atoms with Crippen LogP contribution in [0.5, 0.6) is 0 Å². The number of hydrogen-bond acceptors (Lipinski definition) is 10. The normalized spacial score (nSPS) is 31.7. The molecule has 50 heavy (non-hydrogen) atoms. The number of fused-ring (bicyclic) bond motifs is 1. The summed E-state index contributed by atoms with van der Waals surface area (Å²) in [5, 5.41) is 31.4. The molecule has 4 rings (SSSR count). The van der Waals surface area contributed by atoms with E-state index in [0.29, 0.717) is 18.9 Å². The van der Waals surface area contributed by atoms with Gasteiger partial charge in [0.1, 0.15) is 51.8 Å². The Kier molecular flexibility index (Phi) is 10.9. The van der Waals surface area contributed by atoms with E-state index in [9.17, 15) is 15.3 Å². The zero-order valence-electron chi connectivity index (χ0n) is 33.9. The number of aliphatic hydroxyl groups excluding tert-OH is 3. The lowest BCUT2D eigenvalue weighted by molar-refractivity contribution is -0.146. The number of nitrogens with two attached hydrogens (primary N) is 1. The molecule has 10 nitrogen and oxygen atoms in total. The van der Waals surface area contributed by atoms with Gasteiger partial charge < -0.3 is 35.4 Å². The van der Waals surface area contributed by atoms with Crippen LogP contribution < -0.4 is 5.73 Å². The average Bonchev–Trinajstić information content (AvgIpc) is 3.49. The van der Waals surface area contributed by atoms with Crippen molar-refractivity contribution in [3.63, 3.8) is 0 Å². The number of aliphatic hydroxyl groups is 3. The summed E-state index contributed by atoms with van der Waals surface area (Å²) in [7, 11) is -8.01. The van der Waals surface area contributed by atoms with Gasteiger partial charge in [-0.1, -0.05) is 131 Å². The number of aliphatic imine (C=N–C) groups is 2. The molecule has 1 fully saturated rings. The first-order valence-corrected chi connectivity index (χ1v) is 27.3. The summed E-state index contributed by atoms with van der Waals surface area (Å²) in [6, 6.07) is 8.56. The van der Waals surface area contributed by atoms with Gasteiger partial charge in [-0.15, -0.1) is 0 Å². The first-order chi connectivity index (χ1) is 22.6. The highest BCUT2D eigenvalue weighted by Crippen LogP contribution is 2.60. The Morgan fingerprint density at radius 3 is 1.96 bits per heavy atom. The van der Waals surface area contributed by atoms with Gasteiger partial charge in [0.2, 0.25) is 0 Å². The maximum atomic E-state index is 11.6. The van der Waals surface area contributed by atoms with Crippen LogP contribution in [-0.4, -0.2) is 116 Å². The van der Waals surface area contributed by atoms with E-state index in [1.807, 2.05) is 4.90 Å². The molecular formula is C37H69N5O5Si3. The standard InChI is InChI=1S/C37H69N5O5Si3/c1-25-18-17-19-26(22-25)20-21-46-37(49(13,14)34(5,6)7)40-31(38)36(48(11,12)33(2,3)4)32(42(37)50(15,16)35(8,9)10)41(24-39-36)30-29(45)28(44)27(23-43)47-30/h17-19,22,24,27-30,32,43-45H,20-21,23H2,1-16H3,(H2,38,40)/t27-,28?,29?,30-,32?,36?,37?/m1/s1. The van der Waals surface area contributed by atoms with Crippen LogP contribution >= 0.6 is 0 Å². The number of aryl methyl sites for hydroxylation is 1. The van der Waals surface area contributed by atoms with Gasteiger partial charge in [0.05, 0.1) is 27.6 Å². The fourth-order valence-electron chi connectivity index (χ4n) is 7.63. The average molecular weight is 748 g/mol. The second-order valence-corrected chi connectivity index (χ2v) is 35.7. The molecule has 0 amide bonds. The number of rotatable bonds is 9. The predicted octanol–water partition coefficient (Wildman–Crippen LogP) is 5.83. The van der Waals surface area contributed by atoms with Crippen LogP contribution in [-0.2, 0) is 15.9 Å². The van der Waals surface area contributed by atoms with Gasteiger partial charge in [0, 0.05) is 0 Å². The Morgan fingerprint density at radius 1 is 0.900 bits per heavy atom. The third kappa shape index (κ3) is 6.13. The van der Waals surface area contributed by atoms with Gasteiger partial charge in [-0.25, -0.2) is 4.99 Å². The first-order valence-electron chi connectivity index (χ1n) is 18.4. The van der Waals surface area contributed by atoms with E-state index >= 15 is 0 Å². The van der Waals surface area contributed by atoms with E-state index in [0.717, 1.165) is 0 Å². The summed E-state index contributed by atoms with van der Waals surface area (Å²) in [5.74, 6) is 0.468. The summed E-state index contributed by atoms with van der Waals surface area (Å²) < 4.78 is 16.5. The lowest BCUT2D eigenvalue weighted by atomic mass is 10.1. The topological polar surface area (TPSA) is 136 Å². The van der Waals surface area contributed by atoms with Gasteiger partial charge >= 0.3 is 0 Å². The Labute approximate surface area is 305 Å². The van der Waals surface area contributed by atoms with Crippen LogP contribution in [0.3, 0.4) is 0 Å². The van der Waals surface area contributed by atoms with Crippen LogP contribution in [0.2, 0.25) is 54.4 Å². The molecule has 0 radical (unpaired) electrons. The summed E-state index contributed by atoms with van der Waals surface area (Å²) in [6.07, 6.45) is -2.45. The van der Waals surface area contributed by atoms with Crippen molar-refractivity contribution in [2.45, 2.75) is 171 Å². The minimum absolute atomic E-state index is 0.164. The van der Waals surface area contributed by atoms with Crippen molar-refractivity contribution in [2.24, 2.45) is 15.7 Å². The number of hydrogen-bond donors (Lipinski definition) is 4. The number of amidine groups is 1. The van der Waals surface area contributed by atoms with E-state index in [2.05, 4.69) is 137 Å². The highest BCUT2D eigenvalue weighted by Gasteiger charge is 2.76. The lowest BCUT2D eigenvalue weighted by Crippen LogP contribution is -2.88. The largest absolute Gasteiger partial charge is 0.394 e. The Morgan fingerprint density at radius 2 is 1.48 bits per heavy atom. The molecule has 0 bridgehead atoms. The van der Waals surface area contributed by atoms with Crippen LogP contribution in [0, 0.1) is 6.92 Å². The van der Waals surface area contributed by atoms with Crippen molar-refractivity contribution in [1.29, 1.82) is 0 Å². The van der Waals surface area contributed by atoms with E-state index in [4.69, 9.17) is 25.2 Å². The molecule has 3 aliphatic rings. The highest BCUT2D eigenvalue weighted by atomic mass is 28.3. The molecule has 1 aromatic rings. The van der Waals surface area contributed by atoms with Crippen molar-refractivity contribution in [2.75, 3.05) is 13.2 Å². The molecule has 13 heteroatoms. The van der Waals surface area contributed by atoms with Crippen LogP contribution in [0.1, 0.15) is 73.4 Å². The van der Waals surface area contributed by atoms with E-state index in [1.165, 1.54) is 11.1 Å². The number of ether oxygens (including phenoxy) is 2. The fourth-order valence-corrected chi connectivity index (χ4v) is 17.7. The summed E-state index contributed by atoms with van der Waals surface area (Å²) >= 11 is 0. The number of nitrogens with zero attached hydrogens (tertiary/aromatic N) is 4. The minimum atomic E-state index is -2.70. The van der Waals surface area contributed by atoms with Crippen molar-refractivity contribution in [3.8, 4) is 0 Å². The second-order valence-electron chi connectivity index (χ2n) is 19.7. The minimum Gasteiger partial charge on any atom is -0.394 e. The van der Waals surface area contributed by atoms with Gasteiger partial charge in [-0.05, 0) is 34.0 Å². The van der Waals surface area contributed by atoms with E-state index in [-0.39, 0.29) is 15.1 Å². The fraction of sp³-hybridized carbons (Fsp3) is 0.784. The molecule has 1 aromatic carbocycles. The van der Waals surface area contributed by atoms with Gasteiger partial charge in [0.15, 0.2) is 11.7 Å². The summed E-state index contributed by atoms with van der Waals surface area (Å²) in [5.41, 5.74) is 8.82. The van der Waals surface area contributed by atoms with E-state index < -0.39 is 72.3 Å². The third-order valence-corrected chi connectivity index (χ3v) is 31.6. The summed E-state index contributed by atoms with van der Waals surface area (Å²) in [6.45, 7) is 37.0. The van der Waals surface area contributed by atoms with Crippen LogP contribution in [0.15, 0.2) is 34.3 Å². The Hall–Kier alpha value is -1.43.